The summed E-state index contributed by atoms with van der Waals surface area (Å²) in [5.41, 5.74) is -0.240. The van der Waals surface area contributed by atoms with Gasteiger partial charge in [0, 0.05) is 18.6 Å². The van der Waals surface area contributed by atoms with E-state index in [4.69, 9.17) is 0 Å². The van der Waals surface area contributed by atoms with Gasteiger partial charge in [0.2, 0.25) is 5.91 Å². The Kier molecular flexibility index (Phi) is 4.43. The van der Waals surface area contributed by atoms with E-state index in [-0.39, 0.29) is 18.0 Å². The van der Waals surface area contributed by atoms with Crippen LogP contribution in [-0.2, 0) is 4.79 Å². The second kappa shape index (κ2) is 5.61. The predicted molar refractivity (Wildman–Crippen MR) is 60.7 cm³/mol. The zero-order valence-corrected chi connectivity index (χ0v) is 9.76. The number of carbonyl (C=O) groups is 1. The minimum Gasteiger partial charge on any atom is -0.503 e. The summed E-state index contributed by atoms with van der Waals surface area (Å²) in [4.78, 5) is 11.4. The second-order valence-corrected chi connectivity index (χ2v) is 4.26. The van der Waals surface area contributed by atoms with Crippen LogP contribution in [-0.4, -0.2) is 11.0 Å². The molecule has 1 aromatic rings. The highest BCUT2D eigenvalue weighted by Gasteiger charge is 2.12. The lowest BCUT2D eigenvalue weighted by Gasteiger charge is -2.09. The SMILES string of the molecule is CC(C)CCC(=O)Nc1cc(F)cc(F)c1O. The molecule has 0 saturated heterocycles. The molecular weight excluding hydrogens is 228 g/mol. The van der Waals surface area contributed by atoms with Gasteiger partial charge in [0.15, 0.2) is 11.6 Å². The lowest BCUT2D eigenvalue weighted by molar-refractivity contribution is -0.116. The highest BCUT2D eigenvalue weighted by molar-refractivity contribution is 5.92. The third-order valence-electron chi connectivity index (χ3n) is 2.25. The maximum absolute atomic E-state index is 13.0. The second-order valence-electron chi connectivity index (χ2n) is 4.26. The van der Waals surface area contributed by atoms with Gasteiger partial charge in [0.05, 0.1) is 5.69 Å². The number of aromatic hydroxyl groups is 1. The molecule has 1 amide bonds. The van der Waals surface area contributed by atoms with Crippen LogP contribution in [0, 0.1) is 17.6 Å². The van der Waals surface area contributed by atoms with Gasteiger partial charge in [-0.25, -0.2) is 8.78 Å². The highest BCUT2D eigenvalue weighted by atomic mass is 19.1. The smallest absolute Gasteiger partial charge is 0.224 e. The number of anilines is 1. The van der Waals surface area contributed by atoms with Crippen LogP contribution in [0.25, 0.3) is 0 Å². The molecule has 2 N–H and O–H groups in total. The van der Waals surface area contributed by atoms with Crippen molar-refractivity contribution in [3.8, 4) is 5.75 Å². The first kappa shape index (κ1) is 13.4. The number of amides is 1. The highest BCUT2D eigenvalue weighted by Crippen LogP contribution is 2.27. The first-order valence-corrected chi connectivity index (χ1v) is 5.38. The van der Waals surface area contributed by atoms with Gasteiger partial charge in [-0.15, -0.1) is 0 Å². The van der Waals surface area contributed by atoms with Crippen LogP contribution in [0.3, 0.4) is 0 Å². The molecule has 1 rings (SSSR count). The van der Waals surface area contributed by atoms with Gasteiger partial charge in [-0.05, 0) is 12.3 Å². The third-order valence-corrected chi connectivity index (χ3v) is 2.25. The number of hydrogen-bond acceptors (Lipinski definition) is 2. The van der Waals surface area contributed by atoms with E-state index in [9.17, 15) is 18.7 Å². The maximum Gasteiger partial charge on any atom is 0.224 e. The van der Waals surface area contributed by atoms with Gasteiger partial charge in [-0.3, -0.25) is 4.79 Å². The minimum atomic E-state index is -1.09. The summed E-state index contributed by atoms with van der Waals surface area (Å²) in [6.45, 7) is 3.93. The van der Waals surface area contributed by atoms with E-state index >= 15 is 0 Å². The van der Waals surface area contributed by atoms with Crippen molar-refractivity contribution in [1.29, 1.82) is 0 Å². The van der Waals surface area contributed by atoms with Gasteiger partial charge in [-0.2, -0.15) is 0 Å². The molecule has 0 fully saturated rings. The number of carbonyl (C=O) groups excluding carboxylic acids is 1. The van der Waals surface area contributed by atoms with Crippen LogP contribution < -0.4 is 5.32 Å². The van der Waals surface area contributed by atoms with Crippen molar-refractivity contribution in [3.63, 3.8) is 0 Å². The van der Waals surface area contributed by atoms with Gasteiger partial charge < -0.3 is 10.4 Å². The molecule has 0 unspecified atom stereocenters. The Hall–Kier alpha value is -1.65. The summed E-state index contributed by atoms with van der Waals surface area (Å²) < 4.78 is 25.8. The average Bonchev–Trinajstić information content (AvgIpc) is 2.22. The predicted octanol–water partition coefficient (Wildman–Crippen LogP) is 3.05. The summed E-state index contributed by atoms with van der Waals surface area (Å²) in [5.74, 6) is -2.70. The lowest BCUT2D eigenvalue weighted by atomic mass is 10.1. The fraction of sp³-hybridized carbons (Fsp3) is 0.417. The molecule has 0 aliphatic carbocycles. The number of hydrogen-bond donors (Lipinski definition) is 2. The zero-order valence-electron chi connectivity index (χ0n) is 9.76. The number of nitrogens with one attached hydrogen (secondary N) is 1. The number of halogens is 2. The van der Waals surface area contributed by atoms with Gasteiger partial charge in [0.1, 0.15) is 5.82 Å². The quantitative estimate of drug-likeness (QED) is 0.798. The Morgan fingerprint density at radius 1 is 1.41 bits per heavy atom. The topological polar surface area (TPSA) is 49.3 Å². The Morgan fingerprint density at radius 2 is 2.06 bits per heavy atom. The average molecular weight is 243 g/mol. The molecule has 0 saturated carbocycles. The number of phenolic OH excluding ortho intramolecular Hbond substituents is 1. The fourth-order valence-corrected chi connectivity index (χ4v) is 1.29. The molecule has 5 heteroatoms. The molecule has 0 aliphatic rings. The van der Waals surface area contributed by atoms with E-state index in [1.807, 2.05) is 13.8 Å². The van der Waals surface area contributed by atoms with E-state index < -0.39 is 17.4 Å². The number of benzene rings is 1. The van der Waals surface area contributed by atoms with Crippen LogP contribution in [0.4, 0.5) is 14.5 Å². The molecule has 0 bridgehead atoms. The molecule has 3 nitrogen and oxygen atoms in total. The van der Waals surface area contributed by atoms with Crippen molar-refractivity contribution >= 4 is 11.6 Å². The number of rotatable bonds is 4. The molecule has 0 heterocycles. The molecule has 0 radical (unpaired) electrons. The maximum atomic E-state index is 13.0. The first-order chi connectivity index (χ1) is 7.90. The van der Waals surface area contributed by atoms with E-state index in [0.29, 0.717) is 18.4 Å². The molecule has 0 aliphatic heterocycles. The molecule has 94 valence electrons. The van der Waals surface area contributed by atoms with Crippen LogP contribution in [0.5, 0.6) is 5.75 Å². The molecule has 0 spiro atoms. The van der Waals surface area contributed by atoms with Crippen LogP contribution in [0.2, 0.25) is 0 Å². The van der Waals surface area contributed by atoms with Crippen LogP contribution >= 0.6 is 0 Å². The van der Waals surface area contributed by atoms with E-state index in [0.717, 1.165) is 6.07 Å². The van der Waals surface area contributed by atoms with Crippen molar-refractivity contribution in [2.45, 2.75) is 26.7 Å². The van der Waals surface area contributed by atoms with E-state index in [1.54, 1.807) is 0 Å². The normalized spacial score (nSPS) is 10.6. The lowest BCUT2D eigenvalue weighted by Crippen LogP contribution is -2.12. The monoisotopic (exact) mass is 243 g/mol. The molecule has 0 atom stereocenters. The Morgan fingerprint density at radius 3 is 2.65 bits per heavy atom. The summed E-state index contributed by atoms with van der Waals surface area (Å²) in [6.07, 6.45) is 0.916. The van der Waals surface area contributed by atoms with E-state index in [2.05, 4.69) is 5.32 Å². The summed E-state index contributed by atoms with van der Waals surface area (Å²) >= 11 is 0. The minimum absolute atomic E-state index is 0.240. The Bertz CT molecular complexity index is 419. The van der Waals surface area contributed by atoms with Crippen molar-refractivity contribution in [2.24, 2.45) is 5.92 Å². The van der Waals surface area contributed by atoms with E-state index in [1.165, 1.54) is 0 Å². The largest absolute Gasteiger partial charge is 0.503 e. The first-order valence-electron chi connectivity index (χ1n) is 5.38. The Labute approximate surface area is 98.5 Å². The van der Waals surface area contributed by atoms with Gasteiger partial charge >= 0.3 is 0 Å². The van der Waals surface area contributed by atoms with Gasteiger partial charge in [0.25, 0.3) is 0 Å². The molecule has 0 aromatic heterocycles. The van der Waals surface area contributed by atoms with Crippen LogP contribution in [0.1, 0.15) is 26.7 Å². The summed E-state index contributed by atoms with van der Waals surface area (Å²) in [7, 11) is 0. The third kappa shape index (κ3) is 4.01. The van der Waals surface area contributed by atoms with Crippen molar-refractivity contribution in [1.82, 2.24) is 0 Å². The molecular formula is C12H15F2NO2. The van der Waals surface area contributed by atoms with Crippen molar-refractivity contribution in [2.75, 3.05) is 5.32 Å². The van der Waals surface area contributed by atoms with Crippen molar-refractivity contribution < 1.29 is 18.7 Å². The number of phenols is 1. The summed E-state index contributed by atoms with van der Waals surface area (Å²) in [6, 6.07) is 1.44. The van der Waals surface area contributed by atoms with Crippen molar-refractivity contribution in [3.05, 3.63) is 23.8 Å². The Balaban J connectivity index is 2.71. The zero-order chi connectivity index (χ0) is 13.0. The molecule has 17 heavy (non-hydrogen) atoms. The van der Waals surface area contributed by atoms with Gasteiger partial charge in [-0.1, -0.05) is 13.8 Å². The molecule has 1 aromatic carbocycles. The standard InChI is InChI=1S/C12H15F2NO2/c1-7(2)3-4-11(16)15-10-6-8(13)5-9(14)12(10)17/h5-7,17H,3-4H2,1-2H3,(H,15,16). The summed E-state index contributed by atoms with van der Waals surface area (Å²) in [5, 5.41) is 11.6. The van der Waals surface area contributed by atoms with Crippen LogP contribution in [0.15, 0.2) is 12.1 Å². The fourth-order valence-electron chi connectivity index (χ4n) is 1.29.